The molecule has 0 fully saturated rings. The topological polar surface area (TPSA) is 89.8 Å². The maximum atomic E-state index is 12.5. The Kier molecular flexibility index (Phi) is 5.71. The highest BCUT2D eigenvalue weighted by Gasteiger charge is 2.28. The van der Waals surface area contributed by atoms with Crippen LogP contribution in [0.2, 0.25) is 5.02 Å². The first-order chi connectivity index (χ1) is 11.8. The summed E-state index contributed by atoms with van der Waals surface area (Å²) in [6, 6.07) is 11.9. The van der Waals surface area contributed by atoms with Crippen LogP contribution in [0.3, 0.4) is 0 Å². The Labute approximate surface area is 148 Å². The van der Waals surface area contributed by atoms with E-state index in [0.29, 0.717) is 5.56 Å². The highest BCUT2D eigenvalue weighted by molar-refractivity contribution is 6.33. The van der Waals surface area contributed by atoms with Crippen molar-refractivity contribution in [1.29, 1.82) is 0 Å². The van der Waals surface area contributed by atoms with Crippen LogP contribution in [0.4, 0.5) is 5.69 Å². The molecule has 0 saturated carbocycles. The first-order valence-electron chi connectivity index (χ1n) is 7.22. The molecule has 0 aliphatic rings. The smallest absolute Gasteiger partial charge is 0.341 e. The van der Waals surface area contributed by atoms with E-state index < -0.39 is 22.9 Å². The molecule has 0 heterocycles. The highest BCUT2D eigenvalue weighted by atomic mass is 35.5. The lowest BCUT2D eigenvalue weighted by atomic mass is 10.1. The molecule has 130 valence electrons. The minimum Gasteiger partial charge on any atom is -0.444 e. The maximum absolute atomic E-state index is 12.5. The molecule has 0 radical (unpaired) electrons. The van der Waals surface area contributed by atoms with E-state index in [2.05, 4.69) is 0 Å². The number of carbonyl (C=O) groups is 2. The van der Waals surface area contributed by atoms with Gasteiger partial charge in [0, 0.05) is 31.8 Å². The van der Waals surface area contributed by atoms with E-state index >= 15 is 0 Å². The quantitative estimate of drug-likeness (QED) is 0.462. The minimum atomic E-state index is -1.18. The van der Waals surface area contributed by atoms with Gasteiger partial charge in [-0.15, -0.1) is 0 Å². The van der Waals surface area contributed by atoms with Gasteiger partial charge in [0.15, 0.2) is 0 Å². The molecule has 0 aliphatic heterocycles. The van der Waals surface area contributed by atoms with Gasteiger partial charge < -0.3 is 9.64 Å². The molecule has 1 atom stereocenters. The van der Waals surface area contributed by atoms with E-state index in [0.717, 1.165) is 6.07 Å². The largest absolute Gasteiger partial charge is 0.444 e. The monoisotopic (exact) mass is 362 g/mol. The number of rotatable bonds is 5. The second kappa shape index (κ2) is 7.76. The van der Waals surface area contributed by atoms with Crippen molar-refractivity contribution < 1.29 is 19.2 Å². The van der Waals surface area contributed by atoms with Gasteiger partial charge in [0.25, 0.3) is 11.6 Å². The lowest BCUT2D eigenvalue weighted by Gasteiger charge is -2.21. The van der Waals surface area contributed by atoms with Gasteiger partial charge in [-0.1, -0.05) is 41.9 Å². The van der Waals surface area contributed by atoms with Crippen molar-refractivity contribution in [3.8, 4) is 0 Å². The van der Waals surface area contributed by atoms with Crippen molar-refractivity contribution in [3.05, 3.63) is 74.8 Å². The summed E-state index contributed by atoms with van der Waals surface area (Å²) in [4.78, 5) is 36.4. The van der Waals surface area contributed by atoms with Crippen LogP contribution in [0.25, 0.3) is 0 Å². The minimum absolute atomic E-state index is 0.000265. The fourth-order valence-corrected chi connectivity index (χ4v) is 2.27. The average Bonchev–Trinajstić information content (AvgIpc) is 2.59. The molecule has 0 bridgehead atoms. The molecule has 2 aromatic carbocycles. The number of nitro benzene ring substituents is 1. The molecule has 0 N–H and O–H groups in total. The van der Waals surface area contributed by atoms with Crippen molar-refractivity contribution in [2.45, 2.75) is 6.10 Å². The van der Waals surface area contributed by atoms with Crippen molar-refractivity contribution in [2.24, 2.45) is 0 Å². The normalized spacial score (nSPS) is 11.5. The summed E-state index contributed by atoms with van der Waals surface area (Å²) in [5, 5.41) is 10.9. The second-order valence-electron chi connectivity index (χ2n) is 5.35. The Bertz CT molecular complexity index is 808. The third-order valence-corrected chi connectivity index (χ3v) is 3.70. The Morgan fingerprint density at radius 2 is 1.80 bits per heavy atom. The zero-order valence-electron chi connectivity index (χ0n) is 13.5. The van der Waals surface area contributed by atoms with Crippen LogP contribution in [0.1, 0.15) is 22.0 Å². The van der Waals surface area contributed by atoms with Gasteiger partial charge in [0.1, 0.15) is 0 Å². The van der Waals surface area contributed by atoms with E-state index in [1.165, 1.54) is 31.1 Å². The standard InChI is InChI=1S/C17H15ClN2O5/c1-19(2)16(21)15(11-6-4-3-5-7-11)25-17(22)13-10-12(20(23)24)8-9-14(13)18/h3-10,15H,1-2H3/t15-/m0/s1. The predicted molar refractivity (Wildman–Crippen MR) is 91.4 cm³/mol. The van der Waals surface area contributed by atoms with Crippen LogP contribution in [0, 0.1) is 10.1 Å². The summed E-state index contributed by atoms with van der Waals surface area (Å²) in [5.41, 5.74) is 0.00556. The molecule has 7 nitrogen and oxygen atoms in total. The molecule has 8 heteroatoms. The number of halogens is 1. The first kappa shape index (κ1) is 18.4. The summed E-state index contributed by atoms with van der Waals surface area (Å²) < 4.78 is 5.32. The average molecular weight is 363 g/mol. The van der Waals surface area contributed by atoms with Crippen LogP contribution < -0.4 is 0 Å². The summed E-state index contributed by atoms with van der Waals surface area (Å²) >= 11 is 5.95. The fourth-order valence-electron chi connectivity index (χ4n) is 2.08. The van der Waals surface area contributed by atoms with Crippen molar-refractivity contribution in [1.82, 2.24) is 4.90 Å². The van der Waals surface area contributed by atoms with Crippen molar-refractivity contribution in [2.75, 3.05) is 14.1 Å². The van der Waals surface area contributed by atoms with Crippen LogP contribution >= 0.6 is 11.6 Å². The number of nitrogens with zero attached hydrogens (tertiary/aromatic N) is 2. The Morgan fingerprint density at radius 3 is 2.36 bits per heavy atom. The van der Waals surface area contributed by atoms with E-state index in [4.69, 9.17) is 16.3 Å². The van der Waals surface area contributed by atoms with Crippen molar-refractivity contribution in [3.63, 3.8) is 0 Å². The molecule has 0 spiro atoms. The maximum Gasteiger partial charge on any atom is 0.341 e. The summed E-state index contributed by atoms with van der Waals surface area (Å²) in [5.74, 6) is -1.36. The molecule has 2 aromatic rings. The zero-order valence-corrected chi connectivity index (χ0v) is 14.3. The highest BCUT2D eigenvalue weighted by Crippen LogP contribution is 2.26. The fraction of sp³-hybridized carbons (Fsp3) is 0.176. The molecule has 0 aromatic heterocycles. The summed E-state index contributed by atoms with van der Waals surface area (Å²) in [7, 11) is 3.07. The lowest BCUT2D eigenvalue weighted by molar-refractivity contribution is -0.384. The van der Waals surface area contributed by atoms with Crippen molar-refractivity contribution >= 4 is 29.2 Å². The molecule has 0 aliphatic carbocycles. The predicted octanol–water partition coefficient (Wildman–Crippen LogP) is 3.23. The van der Waals surface area contributed by atoms with Gasteiger partial charge in [0.2, 0.25) is 6.10 Å². The molecule has 0 unspecified atom stereocenters. The molecule has 25 heavy (non-hydrogen) atoms. The third kappa shape index (κ3) is 4.33. The number of hydrogen-bond donors (Lipinski definition) is 0. The molecular weight excluding hydrogens is 348 g/mol. The number of amides is 1. The van der Waals surface area contributed by atoms with Gasteiger partial charge in [-0.05, 0) is 6.07 Å². The Hall–Kier alpha value is -2.93. The van der Waals surface area contributed by atoms with Gasteiger partial charge in [-0.2, -0.15) is 0 Å². The van der Waals surface area contributed by atoms with Crippen LogP contribution in [-0.2, 0) is 9.53 Å². The molecule has 0 saturated heterocycles. The van der Waals surface area contributed by atoms with Gasteiger partial charge in [0.05, 0.1) is 15.5 Å². The van der Waals surface area contributed by atoms with Crippen LogP contribution in [0.5, 0.6) is 0 Å². The van der Waals surface area contributed by atoms with E-state index in [-0.39, 0.29) is 16.3 Å². The van der Waals surface area contributed by atoms with Gasteiger partial charge in [-0.25, -0.2) is 4.79 Å². The molecule has 2 rings (SSSR count). The SMILES string of the molecule is CN(C)C(=O)[C@@H](OC(=O)c1cc([N+](=O)[O-])ccc1Cl)c1ccccc1. The van der Waals surface area contributed by atoms with E-state index in [1.807, 2.05) is 0 Å². The molecule has 1 amide bonds. The van der Waals surface area contributed by atoms with E-state index in [9.17, 15) is 19.7 Å². The van der Waals surface area contributed by atoms with Crippen LogP contribution in [0.15, 0.2) is 48.5 Å². The number of hydrogen-bond acceptors (Lipinski definition) is 5. The van der Waals surface area contributed by atoms with E-state index in [1.54, 1.807) is 30.3 Å². The summed E-state index contributed by atoms with van der Waals surface area (Å²) in [6.45, 7) is 0. The second-order valence-corrected chi connectivity index (χ2v) is 5.76. The Balaban J connectivity index is 2.36. The lowest BCUT2D eigenvalue weighted by Crippen LogP contribution is -2.31. The van der Waals surface area contributed by atoms with Gasteiger partial charge >= 0.3 is 5.97 Å². The molecular formula is C17H15ClN2O5. The zero-order chi connectivity index (χ0) is 18.6. The first-order valence-corrected chi connectivity index (χ1v) is 7.60. The van der Waals surface area contributed by atoms with Gasteiger partial charge in [-0.3, -0.25) is 14.9 Å². The Morgan fingerprint density at radius 1 is 1.16 bits per heavy atom. The summed E-state index contributed by atoms with van der Waals surface area (Å²) in [6.07, 6.45) is -1.18. The number of ether oxygens (including phenoxy) is 1. The number of benzene rings is 2. The number of non-ortho nitro benzene ring substituents is 1. The number of carbonyl (C=O) groups excluding carboxylic acids is 2. The van der Waals surface area contributed by atoms with Crippen LogP contribution in [-0.4, -0.2) is 35.8 Å². The number of esters is 1. The third-order valence-electron chi connectivity index (χ3n) is 3.37. The number of nitro groups is 1. The number of likely N-dealkylation sites (N-methyl/N-ethyl adjacent to an activating group) is 1.